The third-order valence-electron chi connectivity index (χ3n) is 2.63. The summed E-state index contributed by atoms with van der Waals surface area (Å²) in [7, 11) is -3.63. The minimum absolute atomic E-state index is 0.0113. The fourth-order valence-corrected chi connectivity index (χ4v) is 2.52. The van der Waals surface area contributed by atoms with E-state index in [1.54, 1.807) is 4.90 Å². The summed E-state index contributed by atoms with van der Waals surface area (Å²) in [5.41, 5.74) is 0. The Morgan fingerprint density at radius 3 is 2.25 bits per heavy atom. The molecule has 0 unspecified atom stereocenters. The van der Waals surface area contributed by atoms with Gasteiger partial charge >= 0.3 is 0 Å². The third-order valence-corrected chi connectivity index (χ3v) is 3.29. The molecule has 7 heteroatoms. The van der Waals surface area contributed by atoms with Crippen molar-refractivity contribution in [2.24, 2.45) is 11.1 Å². The van der Waals surface area contributed by atoms with Crippen LogP contribution in [0.1, 0.15) is 26.7 Å². The van der Waals surface area contributed by atoms with E-state index in [1.807, 2.05) is 13.8 Å². The second-order valence-electron chi connectivity index (χ2n) is 4.42. The van der Waals surface area contributed by atoms with Crippen LogP contribution in [0.15, 0.2) is 0 Å². The van der Waals surface area contributed by atoms with Crippen LogP contribution in [0.3, 0.4) is 0 Å². The van der Waals surface area contributed by atoms with Gasteiger partial charge in [0.25, 0.3) is 10.2 Å². The Labute approximate surface area is 96.4 Å². The van der Waals surface area contributed by atoms with Crippen molar-refractivity contribution in [3.63, 3.8) is 0 Å². The first-order valence-electron chi connectivity index (χ1n) is 5.38. The van der Waals surface area contributed by atoms with Gasteiger partial charge in [0.1, 0.15) is 0 Å². The smallest absolute Gasteiger partial charge is 0.274 e. The summed E-state index contributed by atoms with van der Waals surface area (Å²) in [6, 6.07) is -0.147. The van der Waals surface area contributed by atoms with Gasteiger partial charge in [-0.1, -0.05) is 13.8 Å². The summed E-state index contributed by atoms with van der Waals surface area (Å²) >= 11 is 0. The van der Waals surface area contributed by atoms with Gasteiger partial charge in [0, 0.05) is 25.0 Å². The fraction of sp³-hybridized carbons (Fsp3) is 0.889. The van der Waals surface area contributed by atoms with Crippen molar-refractivity contribution < 1.29 is 13.2 Å². The molecule has 0 saturated carbocycles. The molecule has 1 saturated heterocycles. The predicted molar refractivity (Wildman–Crippen MR) is 60.7 cm³/mol. The minimum atomic E-state index is -3.63. The monoisotopic (exact) mass is 249 g/mol. The van der Waals surface area contributed by atoms with E-state index in [4.69, 9.17) is 5.14 Å². The number of rotatable bonds is 3. The number of nitrogens with one attached hydrogen (secondary N) is 1. The quantitative estimate of drug-likeness (QED) is 0.701. The Morgan fingerprint density at radius 1 is 1.38 bits per heavy atom. The van der Waals surface area contributed by atoms with Crippen LogP contribution < -0.4 is 9.86 Å². The highest BCUT2D eigenvalue weighted by molar-refractivity contribution is 7.87. The Morgan fingerprint density at radius 2 is 1.88 bits per heavy atom. The van der Waals surface area contributed by atoms with Crippen LogP contribution in [0.25, 0.3) is 0 Å². The second kappa shape index (κ2) is 5.11. The number of hydrogen-bond acceptors (Lipinski definition) is 3. The van der Waals surface area contributed by atoms with E-state index in [1.165, 1.54) is 0 Å². The Kier molecular flexibility index (Phi) is 4.28. The molecule has 94 valence electrons. The molecule has 1 aliphatic rings. The lowest BCUT2D eigenvalue weighted by Gasteiger charge is -2.32. The third kappa shape index (κ3) is 4.07. The van der Waals surface area contributed by atoms with Crippen LogP contribution in [0, 0.1) is 5.92 Å². The van der Waals surface area contributed by atoms with Crippen molar-refractivity contribution in [1.29, 1.82) is 0 Å². The largest absolute Gasteiger partial charge is 0.342 e. The first-order chi connectivity index (χ1) is 7.29. The lowest BCUT2D eigenvalue weighted by atomic mass is 10.0. The zero-order chi connectivity index (χ0) is 12.3. The van der Waals surface area contributed by atoms with Gasteiger partial charge in [-0.05, 0) is 12.8 Å². The Bertz CT molecular complexity index is 345. The number of nitrogens with two attached hydrogens (primary N) is 1. The van der Waals surface area contributed by atoms with Gasteiger partial charge in [0.05, 0.1) is 0 Å². The SMILES string of the molecule is CC(C)C(=O)N1CCC(NS(N)(=O)=O)CC1. The minimum Gasteiger partial charge on any atom is -0.342 e. The molecule has 0 aromatic rings. The molecule has 6 nitrogen and oxygen atoms in total. The van der Waals surface area contributed by atoms with E-state index in [0.717, 1.165) is 0 Å². The van der Waals surface area contributed by atoms with Gasteiger partial charge < -0.3 is 4.90 Å². The van der Waals surface area contributed by atoms with E-state index >= 15 is 0 Å². The highest BCUT2D eigenvalue weighted by Gasteiger charge is 2.25. The maximum absolute atomic E-state index is 11.7. The molecule has 0 aromatic carbocycles. The molecule has 1 rings (SSSR count). The van der Waals surface area contributed by atoms with E-state index in [9.17, 15) is 13.2 Å². The van der Waals surface area contributed by atoms with Crippen LogP contribution in [0.2, 0.25) is 0 Å². The molecule has 0 aromatic heterocycles. The van der Waals surface area contributed by atoms with E-state index in [0.29, 0.717) is 25.9 Å². The second-order valence-corrected chi connectivity index (χ2v) is 5.74. The summed E-state index contributed by atoms with van der Waals surface area (Å²) in [6.45, 7) is 4.89. The molecule has 0 bridgehead atoms. The van der Waals surface area contributed by atoms with Crippen molar-refractivity contribution in [2.75, 3.05) is 13.1 Å². The average Bonchev–Trinajstić information content (AvgIpc) is 2.15. The number of hydrogen-bond donors (Lipinski definition) is 2. The van der Waals surface area contributed by atoms with Crippen molar-refractivity contribution in [3.05, 3.63) is 0 Å². The molecular formula is C9H19N3O3S. The van der Waals surface area contributed by atoms with Crippen LogP contribution >= 0.6 is 0 Å². The van der Waals surface area contributed by atoms with E-state index in [-0.39, 0.29) is 17.9 Å². The summed E-state index contributed by atoms with van der Waals surface area (Å²) in [5.74, 6) is 0.108. The molecule has 1 fully saturated rings. The van der Waals surface area contributed by atoms with Crippen molar-refractivity contribution >= 4 is 16.1 Å². The lowest BCUT2D eigenvalue weighted by molar-refractivity contribution is -0.135. The van der Waals surface area contributed by atoms with Crippen molar-refractivity contribution in [3.8, 4) is 0 Å². The van der Waals surface area contributed by atoms with E-state index in [2.05, 4.69) is 4.72 Å². The maximum atomic E-state index is 11.7. The zero-order valence-corrected chi connectivity index (χ0v) is 10.5. The molecule has 1 heterocycles. The van der Waals surface area contributed by atoms with Crippen molar-refractivity contribution in [2.45, 2.75) is 32.7 Å². The van der Waals surface area contributed by atoms with Gasteiger partial charge in [-0.3, -0.25) is 4.79 Å². The van der Waals surface area contributed by atoms with Crippen LogP contribution in [0.5, 0.6) is 0 Å². The number of likely N-dealkylation sites (tertiary alicyclic amines) is 1. The molecule has 0 spiro atoms. The first-order valence-corrected chi connectivity index (χ1v) is 6.93. The standard InChI is InChI=1S/C9H19N3O3S/c1-7(2)9(13)12-5-3-8(4-6-12)11-16(10,14)15/h7-8,11H,3-6H2,1-2H3,(H2,10,14,15). The molecular weight excluding hydrogens is 230 g/mol. The number of carbonyl (C=O) groups is 1. The Balaban J connectivity index is 2.43. The number of nitrogens with zero attached hydrogens (tertiary/aromatic N) is 1. The summed E-state index contributed by atoms with van der Waals surface area (Å²) in [4.78, 5) is 13.4. The summed E-state index contributed by atoms with van der Waals surface area (Å²) in [5, 5.41) is 4.89. The summed E-state index contributed by atoms with van der Waals surface area (Å²) < 4.78 is 24.0. The fourth-order valence-electron chi connectivity index (χ4n) is 1.82. The molecule has 0 atom stereocenters. The molecule has 0 radical (unpaired) electrons. The molecule has 16 heavy (non-hydrogen) atoms. The highest BCUT2D eigenvalue weighted by Crippen LogP contribution is 2.13. The first kappa shape index (κ1) is 13.4. The summed E-state index contributed by atoms with van der Waals surface area (Å²) in [6.07, 6.45) is 1.24. The number of piperidine rings is 1. The van der Waals surface area contributed by atoms with Crippen molar-refractivity contribution in [1.82, 2.24) is 9.62 Å². The maximum Gasteiger partial charge on any atom is 0.274 e. The van der Waals surface area contributed by atoms with Gasteiger partial charge in [-0.25, -0.2) is 5.14 Å². The van der Waals surface area contributed by atoms with Gasteiger partial charge in [0.2, 0.25) is 5.91 Å². The van der Waals surface area contributed by atoms with Crippen LogP contribution in [-0.2, 0) is 15.0 Å². The van der Waals surface area contributed by atoms with Crippen LogP contribution in [-0.4, -0.2) is 38.4 Å². The van der Waals surface area contributed by atoms with Gasteiger partial charge in [-0.15, -0.1) is 0 Å². The molecule has 1 aliphatic heterocycles. The highest BCUT2D eigenvalue weighted by atomic mass is 32.2. The normalized spacial score (nSPS) is 19.1. The molecule has 1 amide bonds. The molecule has 3 N–H and O–H groups in total. The zero-order valence-electron chi connectivity index (χ0n) is 9.64. The topological polar surface area (TPSA) is 92.5 Å². The van der Waals surface area contributed by atoms with E-state index < -0.39 is 10.2 Å². The predicted octanol–water partition coefficient (Wildman–Crippen LogP) is -0.573. The lowest BCUT2D eigenvalue weighted by Crippen LogP contribution is -2.48. The number of carbonyl (C=O) groups excluding carboxylic acids is 1. The Hall–Kier alpha value is -0.660. The van der Waals surface area contributed by atoms with Gasteiger partial charge in [0.15, 0.2) is 0 Å². The van der Waals surface area contributed by atoms with Crippen LogP contribution in [0.4, 0.5) is 0 Å². The molecule has 0 aliphatic carbocycles. The van der Waals surface area contributed by atoms with Gasteiger partial charge in [-0.2, -0.15) is 13.1 Å². The average molecular weight is 249 g/mol. The number of amides is 1.